The van der Waals surface area contributed by atoms with Crippen LogP contribution in [0.1, 0.15) is 31.4 Å². The first-order valence-corrected chi connectivity index (χ1v) is 6.04. The first-order chi connectivity index (χ1) is 9.02. The number of ether oxygens (including phenoxy) is 1. The monoisotopic (exact) mass is 264 g/mol. The number of hydrogen-bond donors (Lipinski definition) is 2. The smallest absolute Gasteiger partial charge is 0.338 e. The second-order valence-electron chi connectivity index (χ2n) is 4.24. The van der Waals surface area contributed by atoms with Crippen molar-refractivity contribution in [3.8, 4) is 0 Å². The van der Waals surface area contributed by atoms with Crippen molar-refractivity contribution in [2.45, 2.75) is 26.8 Å². The number of nitrogens with one attached hydrogen (secondary N) is 2. The average molecular weight is 264 g/mol. The van der Waals surface area contributed by atoms with Crippen molar-refractivity contribution in [2.24, 2.45) is 0 Å². The van der Waals surface area contributed by atoms with Crippen molar-refractivity contribution >= 4 is 12.0 Å². The van der Waals surface area contributed by atoms with E-state index in [4.69, 9.17) is 9.15 Å². The lowest BCUT2D eigenvalue weighted by Crippen LogP contribution is -2.45. The summed E-state index contributed by atoms with van der Waals surface area (Å²) in [5.74, 6) is 0.755. The molecule has 0 aromatic carbocycles. The number of furan rings is 1. The molecule has 102 valence electrons. The van der Waals surface area contributed by atoms with Crippen LogP contribution in [0.5, 0.6) is 0 Å². The Morgan fingerprint density at radius 3 is 2.74 bits per heavy atom. The van der Waals surface area contributed by atoms with E-state index < -0.39 is 12.0 Å². The lowest BCUT2D eigenvalue weighted by Gasteiger charge is -2.26. The third-order valence-electron chi connectivity index (χ3n) is 2.81. The third-order valence-corrected chi connectivity index (χ3v) is 2.81. The van der Waals surface area contributed by atoms with Gasteiger partial charge in [-0.2, -0.15) is 0 Å². The van der Waals surface area contributed by atoms with Crippen molar-refractivity contribution in [3.63, 3.8) is 0 Å². The quantitative estimate of drug-likeness (QED) is 0.815. The summed E-state index contributed by atoms with van der Waals surface area (Å²) in [6.07, 6.45) is 0. The number of aryl methyl sites for hydroxylation is 1. The van der Waals surface area contributed by atoms with Gasteiger partial charge in [0.25, 0.3) is 0 Å². The Balaban J connectivity index is 2.40. The molecule has 0 radical (unpaired) electrons. The largest absolute Gasteiger partial charge is 0.464 e. The molecule has 2 N–H and O–H groups in total. The van der Waals surface area contributed by atoms with Crippen LogP contribution >= 0.6 is 0 Å². The molecule has 1 atom stereocenters. The molecule has 0 spiro atoms. The number of esters is 1. The summed E-state index contributed by atoms with van der Waals surface area (Å²) < 4.78 is 10.5. The van der Waals surface area contributed by atoms with Crippen molar-refractivity contribution in [1.82, 2.24) is 10.6 Å². The molecule has 0 saturated heterocycles. The van der Waals surface area contributed by atoms with Gasteiger partial charge in [0, 0.05) is 5.70 Å². The number of carbonyl (C=O) groups excluding carboxylic acids is 2. The molecular formula is C13H16N2O4. The SMILES string of the molecule is CCOC(=O)C1=C(C)NC(=O)N[C@@H]1c1ccc(C)o1. The molecule has 0 aliphatic carbocycles. The number of rotatable bonds is 3. The summed E-state index contributed by atoms with van der Waals surface area (Å²) >= 11 is 0. The predicted octanol–water partition coefficient (Wildman–Crippen LogP) is 1.78. The minimum Gasteiger partial charge on any atom is -0.464 e. The fraction of sp³-hybridized carbons (Fsp3) is 0.385. The molecule has 0 bridgehead atoms. The molecule has 1 aromatic heterocycles. The molecule has 0 fully saturated rings. The van der Waals surface area contributed by atoms with Crippen LogP contribution < -0.4 is 10.6 Å². The highest BCUT2D eigenvalue weighted by molar-refractivity contribution is 5.94. The predicted molar refractivity (Wildman–Crippen MR) is 67.2 cm³/mol. The number of urea groups is 1. The van der Waals surface area contributed by atoms with E-state index in [-0.39, 0.29) is 12.6 Å². The van der Waals surface area contributed by atoms with Gasteiger partial charge in [0.15, 0.2) is 0 Å². The summed E-state index contributed by atoms with van der Waals surface area (Å²) in [5, 5.41) is 5.23. The highest BCUT2D eigenvalue weighted by atomic mass is 16.5. The first kappa shape index (κ1) is 13.2. The highest BCUT2D eigenvalue weighted by Gasteiger charge is 2.33. The molecule has 6 heteroatoms. The summed E-state index contributed by atoms with van der Waals surface area (Å²) in [6, 6.07) is 2.52. The van der Waals surface area contributed by atoms with Gasteiger partial charge < -0.3 is 19.8 Å². The van der Waals surface area contributed by atoms with E-state index in [1.807, 2.05) is 0 Å². The van der Waals surface area contributed by atoms with Crippen molar-refractivity contribution in [1.29, 1.82) is 0 Å². The van der Waals surface area contributed by atoms with E-state index in [1.54, 1.807) is 32.9 Å². The van der Waals surface area contributed by atoms with Gasteiger partial charge in [-0.25, -0.2) is 9.59 Å². The fourth-order valence-electron chi connectivity index (χ4n) is 2.00. The molecule has 2 amide bonds. The molecule has 1 aliphatic rings. The Bertz CT molecular complexity index is 545. The van der Waals surface area contributed by atoms with E-state index >= 15 is 0 Å². The van der Waals surface area contributed by atoms with Gasteiger partial charge in [-0.1, -0.05) is 0 Å². The van der Waals surface area contributed by atoms with Crippen LogP contribution in [-0.2, 0) is 9.53 Å². The number of hydrogen-bond acceptors (Lipinski definition) is 4. The van der Waals surface area contributed by atoms with Crippen LogP contribution in [0.3, 0.4) is 0 Å². The van der Waals surface area contributed by atoms with E-state index in [2.05, 4.69) is 10.6 Å². The van der Waals surface area contributed by atoms with Gasteiger partial charge in [-0.05, 0) is 32.9 Å². The molecule has 2 heterocycles. The maximum atomic E-state index is 12.0. The normalized spacial score (nSPS) is 18.9. The Kier molecular flexibility index (Phi) is 3.59. The van der Waals surface area contributed by atoms with E-state index in [1.165, 1.54) is 0 Å². The topological polar surface area (TPSA) is 80.6 Å². The maximum Gasteiger partial charge on any atom is 0.338 e. The summed E-state index contributed by atoms with van der Waals surface area (Å²) in [7, 11) is 0. The zero-order valence-corrected chi connectivity index (χ0v) is 11.1. The van der Waals surface area contributed by atoms with Crippen LogP contribution in [0.25, 0.3) is 0 Å². The van der Waals surface area contributed by atoms with Gasteiger partial charge in [-0.3, -0.25) is 0 Å². The molecule has 1 aromatic rings. The van der Waals surface area contributed by atoms with Gasteiger partial charge >= 0.3 is 12.0 Å². The lowest BCUT2D eigenvalue weighted by molar-refractivity contribution is -0.139. The van der Waals surface area contributed by atoms with E-state index in [0.29, 0.717) is 22.8 Å². The van der Waals surface area contributed by atoms with Gasteiger partial charge in [-0.15, -0.1) is 0 Å². The van der Waals surface area contributed by atoms with Gasteiger partial charge in [0.1, 0.15) is 17.6 Å². The number of amides is 2. The van der Waals surface area contributed by atoms with Gasteiger partial charge in [0.05, 0.1) is 12.2 Å². The number of allylic oxidation sites excluding steroid dienone is 1. The first-order valence-electron chi connectivity index (χ1n) is 6.04. The van der Waals surface area contributed by atoms with Crippen molar-refractivity contribution in [2.75, 3.05) is 6.61 Å². The Morgan fingerprint density at radius 2 is 2.16 bits per heavy atom. The van der Waals surface area contributed by atoms with Crippen LogP contribution in [0.2, 0.25) is 0 Å². The minimum absolute atomic E-state index is 0.271. The molecule has 0 unspecified atom stereocenters. The second kappa shape index (κ2) is 5.17. The molecule has 6 nitrogen and oxygen atoms in total. The minimum atomic E-state index is -0.624. The van der Waals surface area contributed by atoms with Crippen LogP contribution in [0.15, 0.2) is 27.8 Å². The standard InChI is InChI=1S/C13H16N2O4/c1-4-18-12(16)10-8(3)14-13(17)15-11(10)9-6-5-7(2)19-9/h5-6,11H,4H2,1-3H3,(H2,14,15,17)/t11-/m1/s1. The highest BCUT2D eigenvalue weighted by Crippen LogP contribution is 2.28. The maximum absolute atomic E-state index is 12.0. The van der Waals surface area contributed by atoms with Crippen LogP contribution in [-0.4, -0.2) is 18.6 Å². The van der Waals surface area contributed by atoms with Crippen LogP contribution in [0, 0.1) is 6.92 Å². The molecule has 19 heavy (non-hydrogen) atoms. The molecule has 2 rings (SSSR count). The van der Waals surface area contributed by atoms with E-state index in [0.717, 1.165) is 0 Å². The Labute approximate surface area is 110 Å². The summed E-state index contributed by atoms with van der Waals surface area (Å²) in [5.41, 5.74) is 0.831. The molecular weight excluding hydrogens is 248 g/mol. The van der Waals surface area contributed by atoms with Crippen molar-refractivity contribution in [3.05, 3.63) is 34.9 Å². The van der Waals surface area contributed by atoms with Crippen LogP contribution in [0.4, 0.5) is 4.79 Å². The lowest BCUT2D eigenvalue weighted by atomic mass is 10.0. The summed E-state index contributed by atoms with van der Waals surface area (Å²) in [4.78, 5) is 23.5. The zero-order valence-electron chi connectivity index (χ0n) is 11.1. The van der Waals surface area contributed by atoms with Gasteiger partial charge in [0.2, 0.25) is 0 Å². The molecule has 1 aliphatic heterocycles. The molecule has 0 saturated carbocycles. The Morgan fingerprint density at radius 1 is 1.42 bits per heavy atom. The van der Waals surface area contributed by atoms with Crippen molar-refractivity contribution < 1.29 is 18.7 Å². The average Bonchev–Trinajstić information content (AvgIpc) is 2.75. The Hall–Kier alpha value is -2.24. The number of carbonyl (C=O) groups is 2. The van der Waals surface area contributed by atoms with E-state index in [9.17, 15) is 9.59 Å². The second-order valence-corrected chi connectivity index (χ2v) is 4.24. The third kappa shape index (κ3) is 2.62. The summed E-state index contributed by atoms with van der Waals surface area (Å²) in [6.45, 7) is 5.46. The zero-order chi connectivity index (χ0) is 14.0. The fourth-order valence-corrected chi connectivity index (χ4v) is 2.00.